The Morgan fingerprint density at radius 3 is 3.00 bits per heavy atom. The maximum absolute atomic E-state index is 12.9. The Morgan fingerprint density at radius 2 is 2.35 bits per heavy atom. The van der Waals surface area contributed by atoms with Gasteiger partial charge in [0.15, 0.2) is 0 Å². The lowest BCUT2D eigenvalue weighted by atomic mass is 10.2. The number of carbonyl (C=O) groups excluding carboxylic acids is 1. The predicted octanol–water partition coefficient (Wildman–Crippen LogP) is 1.93. The molecule has 0 aliphatic carbocycles. The lowest BCUT2D eigenvalue weighted by Crippen LogP contribution is -2.30. The number of rotatable bonds is 5. The van der Waals surface area contributed by atoms with Crippen LogP contribution in [0.1, 0.15) is 5.69 Å². The summed E-state index contributed by atoms with van der Waals surface area (Å²) in [6, 6.07) is 3.88. The Labute approximate surface area is 120 Å². The van der Waals surface area contributed by atoms with Gasteiger partial charge in [-0.1, -0.05) is 0 Å². The number of benzene rings is 1. The summed E-state index contributed by atoms with van der Waals surface area (Å²) < 4.78 is 12.9. The molecular weight excluding hydrogens is 279 g/mol. The standard InChI is InChI=1S/C13H15FN4OS/c1-18(5-10-7-20-8-16-10)6-13(19)17-12-3-2-9(14)4-11(12)15/h2-4,7-8H,5-6,15H2,1H3,(H,17,19). The first kappa shape index (κ1) is 14.4. The van der Waals surface area contributed by atoms with Crippen LogP contribution in [-0.4, -0.2) is 29.4 Å². The summed E-state index contributed by atoms with van der Waals surface area (Å²) in [6.45, 7) is 0.796. The molecule has 0 aliphatic rings. The van der Waals surface area contributed by atoms with Crippen LogP contribution in [0.5, 0.6) is 0 Å². The highest BCUT2D eigenvalue weighted by Crippen LogP contribution is 2.18. The summed E-state index contributed by atoms with van der Waals surface area (Å²) >= 11 is 1.52. The third-order valence-corrected chi connectivity index (χ3v) is 3.25. The molecule has 1 aromatic heterocycles. The number of hydrogen-bond acceptors (Lipinski definition) is 5. The zero-order chi connectivity index (χ0) is 14.5. The van der Waals surface area contributed by atoms with Crippen LogP contribution in [0.4, 0.5) is 15.8 Å². The number of carbonyl (C=O) groups is 1. The van der Waals surface area contributed by atoms with E-state index in [1.807, 2.05) is 17.3 Å². The minimum absolute atomic E-state index is 0.203. The fourth-order valence-electron chi connectivity index (χ4n) is 1.73. The lowest BCUT2D eigenvalue weighted by Gasteiger charge is -2.15. The summed E-state index contributed by atoms with van der Waals surface area (Å²) in [5.74, 6) is -0.637. The molecular formula is C13H15FN4OS. The van der Waals surface area contributed by atoms with Gasteiger partial charge in [-0.3, -0.25) is 9.69 Å². The zero-order valence-electron chi connectivity index (χ0n) is 11.0. The Morgan fingerprint density at radius 1 is 1.55 bits per heavy atom. The van der Waals surface area contributed by atoms with Crippen LogP contribution in [0.2, 0.25) is 0 Å². The molecule has 0 unspecified atom stereocenters. The third kappa shape index (κ3) is 4.01. The van der Waals surface area contributed by atoms with Gasteiger partial charge in [0.2, 0.25) is 5.91 Å². The number of nitrogen functional groups attached to an aromatic ring is 1. The second-order valence-corrected chi connectivity index (χ2v) is 5.15. The number of thiazole rings is 1. The number of amides is 1. The van der Waals surface area contributed by atoms with Gasteiger partial charge in [0.05, 0.1) is 29.1 Å². The van der Waals surface area contributed by atoms with Gasteiger partial charge in [-0.15, -0.1) is 11.3 Å². The molecule has 0 saturated heterocycles. The van der Waals surface area contributed by atoms with Gasteiger partial charge in [-0.25, -0.2) is 9.37 Å². The van der Waals surface area contributed by atoms with E-state index in [1.54, 1.807) is 5.51 Å². The number of aromatic nitrogens is 1. The van der Waals surface area contributed by atoms with Crippen molar-refractivity contribution in [3.05, 3.63) is 40.6 Å². The van der Waals surface area contributed by atoms with Crippen molar-refractivity contribution in [1.29, 1.82) is 0 Å². The molecule has 7 heteroatoms. The van der Waals surface area contributed by atoms with Gasteiger partial charge in [0, 0.05) is 11.9 Å². The number of nitrogens with zero attached hydrogens (tertiary/aromatic N) is 2. The Hall–Kier alpha value is -1.99. The molecule has 5 nitrogen and oxygen atoms in total. The molecule has 106 valence electrons. The molecule has 1 amide bonds. The van der Waals surface area contributed by atoms with Crippen LogP contribution < -0.4 is 11.1 Å². The first-order valence-electron chi connectivity index (χ1n) is 5.95. The SMILES string of the molecule is CN(CC(=O)Nc1ccc(F)cc1N)Cc1cscn1. The van der Waals surface area contributed by atoms with E-state index in [-0.39, 0.29) is 18.1 Å². The van der Waals surface area contributed by atoms with Gasteiger partial charge in [0.1, 0.15) is 5.82 Å². The molecule has 1 heterocycles. The average molecular weight is 294 g/mol. The Kier molecular flexibility index (Phi) is 4.65. The van der Waals surface area contributed by atoms with E-state index < -0.39 is 5.82 Å². The highest BCUT2D eigenvalue weighted by Gasteiger charge is 2.10. The van der Waals surface area contributed by atoms with E-state index in [0.29, 0.717) is 12.2 Å². The average Bonchev–Trinajstić information content (AvgIpc) is 2.85. The Balaban J connectivity index is 1.88. The van der Waals surface area contributed by atoms with Crippen molar-refractivity contribution in [3.63, 3.8) is 0 Å². The van der Waals surface area contributed by atoms with Crippen LogP contribution in [0.25, 0.3) is 0 Å². The van der Waals surface area contributed by atoms with E-state index in [1.165, 1.54) is 29.5 Å². The van der Waals surface area contributed by atoms with Crippen LogP contribution >= 0.6 is 11.3 Å². The quantitative estimate of drug-likeness (QED) is 0.827. The topological polar surface area (TPSA) is 71.2 Å². The normalized spacial score (nSPS) is 10.8. The number of nitrogens with two attached hydrogens (primary N) is 1. The number of nitrogens with one attached hydrogen (secondary N) is 1. The monoisotopic (exact) mass is 294 g/mol. The maximum Gasteiger partial charge on any atom is 0.238 e. The molecule has 0 bridgehead atoms. The van der Waals surface area contributed by atoms with Crippen LogP contribution in [-0.2, 0) is 11.3 Å². The fraction of sp³-hybridized carbons (Fsp3) is 0.231. The van der Waals surface area contributed by atoms with E-state index >= 15 is 0 Å². The van der Waals surface area contributed by atoms with E-state index in [9.17, 15) is 9.18 Å². The molecule has 1 aromatic carbocycles. The zero-order valence-corrected chi connectivity index (χ0v) is 11.8. The number of halogens is 1. The van der Waals surface area contributed by atoms with Gasteiger partial charge < -0.3 is 11.1 Å². The number of likely N-dealkylation sites (N-methyl/N-ethyl adjacent to an activating group) is 1. The summed E-state index contributed by atoms with van der Waals surface area (Å²) in [7, 11) is 1.83. The van der Waals surface area contributed by atoms with Crippen molar-refractivity contribution < 1.29 is 9.18 Å². The van der Waals surface area contributed by atoms with Crippen molar-refractivity contribution in [1.82, 2.24) is 9.88 Å². The van der Waals surface area contributed by atoms with E-state index in [0.717, 1.165) is 5.69 Å². The van der Waals surface area contributed by atoms with E-state index in [4.69, 9.17) is 5.73 Å². The molecule has 20 heavy (non-hydrogen) atoms. The van der Waals surface area contributed by atoms with Crippen LogP contribution in [0.15, 0.2) is 29.1 Å². The van der Waals surface area contributed by atoms with Crippen molar-refractivity contribution in [2.75, 3.05) is 24.6 Å². The number of anilines is 2. The van der Waals surface area contributed by atoms with Crippen molar-refractivity contribution in [2.24, 2.45) is 0 Å². The van der Waals surface area contributed by atoms with Gasteiger partial charge in [0.25, 0.3) is 0 Å². The second-order valence-electron chi connectivity index (χ2n) is 4.43. The van der Waals surface area contributed by atoms with Gasteiger partial charge in [-0.2, -0.15) is 0 Å². The molecule has 2 aromatic rings. The summed E-state index contributed by atoms with van der Waals surface area (Å²) in [5, 5.41) is 4.59. The van der Waals surface area contributed by atoms with Crippen molar-refractivity contribution >= 4 is 28.6 Å². The van der Waals surface area contributed by atoms with Crippen LogP contribution in [0, 0.1) is 5.82 Å². The Bertz CT molecular complexity index is 588. The van der Waals surface area contributed by atoms with Crippen LogP contribution in [0.3, 0.4) is 0 Å². The highest BCUT2D eigenvalue weighted by atomic mass is 32.1. The largest absolute Gasteiger partial charge is 0.397 e. The molecule has 0 radical (unpaired) electrons. The number of hydrogen-bond donors (Lipinski definition) is 2. The van der Waals surface area contributed by atoms with Gasteiger partial charge in [-0.05, 0) is 25.2 Å². The molecule has 3 N–H and O–H groups in total. The molecule has 2 rings (SSSR count). The molecule has 0 atom stereocenters. The molecule has 0 saturated carbocycles. The minimum Gasteiger partial charge on any atom is -0.397 e. The predicted molar refractivity (Wildman–Crippen MR) is 77.9 cm³/mol. The fourth-order valence-corrected chi connectivity index (χ4v) is 2.28. The van der Waals surface area contributed by atoms with Crippen molar-refractivity contribution in [2.45, 2.75) is 6.54 Å². The highest BCUT2D eigenvalue weighted by molar-refractivity contribution is 7.07. The van der Waals surface area contributed by atoms with Crippen molar-refractivity contribution in [3.8, 4) is 0 Å². The lowest BCUT2D eigenvalue weighted by molar-refractivity contribution is -0.117. The first-order valence-corrected chi connectivity index (χ1v) is 6.89. The minimum atomic E-state index is -0.429. The summed E-state index contributed by atoms with van der Waals surface area (Å²) in [6.07, 6.45) is 0. The third-order valence-electron chi connectivity index (χ3n) is 2.62. The molecule has 0 fully saturated rings. The smallest absolute Gasteiger partial charge is 0.238 e. The van der Waals surface area contributed by atoms with Gasteiger partial charge >= 0.3 is 0 Å². The first-order chi connectivity index (χ1) is 9.54. The summed E-state index contributed by atoms with van der Waals surface area (Å²) in [5.41, 5.74) is 8.93. The molecule has 0 spiro atoms. The second kappa shape index (κ2) is 6.44. The van der Waals surface area contributed by atoms with E-state index in [2.05, 4.69) is 10.3 Å². The molecule has 0 aliphatic heterocycles. The summed E-state index contributed by atoms with van der Waals surface area (Å²) in [4.78, 5) is 17.9. The maximum atomic E-state index is 12.9.